The Kier molecular flexibility index (Phi) is 4.80. The number of aryl methyl sites for hydroxylation is 1. The van der Waals surface area contributed by atoms with Gasteiger partial charge in [-0.15, -0.1) is 0 Å². The molecule has 29 heavy (non-hydrogen) atoms. The third kappa shape index (κ3) is 3.40. The fourth-order valence-corrected chi connectivity index (χ4v) is 4.27. The van der Waals surface area contributed by atoms with Crippen LogP contribution in [0.3, 0.4) is 0 Å². The number of benzene rings is 3. The molecule has 0 saturated heterocycles. The first kappa shape index (κ1) is 17.6. The van der Waals surface area contributed by atoms with E-state index in [4.69, 9.17) is 4.98 Å². The number of rotatable bonds is 2. The van der Waals surface area contributed by atoms with Crippen molar-refractivity contribution in [1.82, 2.24) is 4.98 Å². The van der Waals surface area contributed by atoms with Crippen LogP contribution in [0.4, 0.5) is 0 Å². The SMILES string of the molecule is C1=CCCCc2c(ccc3c(-c4ccccc4)ccnc23)C(c2ccccc2)=C1. The highest BCUT2D eigenvalue weighted by atomic mass is 14.7. The average molecular weight is 373 g/mol. The summed E-state index contributed by atoms with van der Waals surface area (Å²) in [5.74, 6) is 0. The number of pyridine rings is 1. The Hall–Kier alpha value is -3.45. The molecule has 1 aliphatic rings. The van der Waals surface area contributed by atoms with E-state index in [1.165, 1.54) is 38.8 Å². The highest BCUT2D eigenvalue weighted by Gasteiger charge is 2.16. The first-order valence-corrected chi connectivity index (χ1v) is 10.3. The molecule has 3 aromatic carbocycles. The summed E-state index contributed by atoms with van der Waals surface area (Å²) in [5, 5.41) is 1.23. The Morgan fingerprint density at radius 1 is 0.690 bits per heavy atom. The number of allylic oxidation sites excluding steroid dienone is 3. The third-order valence-corrected chi connectivity index (χ3v) is 5.67. The Morgan fingerprint density at radius 3 is 2.24 bits per heavy atom. The molecular weight excluding hydrogens is 350 g/mol. The van der Waals surface area contributed by atoms with Gasteiger partial charge in [0.1, 0.15) is 0 Å². The van der Waals surface area contributed by atoms with Gasteiger partial charge < -0.3 is 0 Å². The molecular formula is C28H23N. The van der Waals surface area contributed by atoms with Gasteiger partial charge in [0.25, 0.3) is 0 Å². The predicted octanol–water partition coefficient (Wildman–Crippen LogP) is 7.23. The summed E-state index contributed by atoms with van der Waals surface area (Å²) in [7, 11) is 0. The molecule has 0 atom stereocenters. The van der Waals surface area contributed by atoms with Crippen LogP contribution in [0.2, 0.25) is 0 Å². The van der Waals surface area contributed by atoms with Crippen LogP contribution < -0.4 is 0 Å². The van der Waals surface area contributed by atoms with Crippen molar-refractivity contribution in [2.45, 2.75) is 19.3 Å². The lowest BCUT2D eigenvalue weighted by Crippen LogP contribution is -1.99. The van der Waals surface area contributed by atoms with Crippen LogP contribution in [-0.2, 0) is 6.42 Å². The Bertz CT molecular complexity index is 1200. The first-order chi connectivity index (χ1) is 14.4. The van der Waals surface area contributed by atoms with Gasteiger partial charge in [0.15, 0.2) is 0 Å². The highest BCUT2D eigenvalue weighted by molar-refractivity contribution is 5.99. The largest absolute Gasteiger partial charge is 0.256 e. The van der Waals surface area contributed by atoms with Gasteiger partial charge in [-0.1, -0.05) is 91.0 Å². The first-order valence-electron chi connectivity index (χ1n) is 10.3. The lowest BCUT2D eigenvalue weighted by atomic mass is 9.88. The topological polar surface area (TPSA) is 12.9 Å². The quantitative estimate of drug-likeness (QED) is 0.361. The maximum Gasteiger partial charge on any atom is 0.0746 e. The molecule has 0 spiro atoms. The minimum Gasteiger partial charge on any atom is -0.256 e. The van der Waals surface area contributed by atoms with Crippen LogP contribution in [0.15, 0.2) is 103 Å². The van der Waals surface area contributed by atoms with E-state index in [0.29, 0.717) is 0 Å². The van der Waals surface area contributed by atoms with Crippen LogP contribution in [0.5, 0.6) is 0 Å². The molecule has 1 aromatic heterocycles. The lowest BCUT2D eigenvalue weighted by Gasteiger charge is -2.17. The molecule has 0 unspecified atom stereocenters. The predicted molar refractivity (Wildman–Crippen MR) is 123 cm³/mol. The molecule has 5 rings (SSSR count). The molecule has 1 heterocycles. The van der Waals surface area contributed by atoms with Crippen molar-refractivity contribution in [3.63, 3.8) is 0 Å². The monoisotopic (exact) mass is 373 g/mol. The van der Waals surface area contributed by atoms with E-state index in [0.717, 1.165) is 24.8 Å². The van der Waals surface area contributed by atoms with Crippen LogP contribution in [0, 0.1) is 0 Å². The average Bonchev–Trinajstić information content (AvgIpc) is 2.90. The van der Waals surface area contributed by atoms with Crippen LogP contribution in [0.25, 0.3) is 27.6 Å². The normalized spacial score (nSPS) is 13.9. The molecule has 0 fully saturated rings. The van der Waals surface area contributed by atoms with E-state index in [2.05, 4.69) is 97.1 Å². The lowest BCUT2D eigenvalue weighted by molar-refractivity contribution is 0.845. The Labute approximate surface area is 172 Å². The highest BCUT2D eigenvalue weighted by Crippen LogP contribution is 2.36. The molecule has 1 nitrogen and oxygen atoms in total. The fourth-order valence-electron chi connectivity index (χ4n) is 4.27. The second-order valence-corrected chi connectivity index (χ2v) is 7.48. The van der Waals surface area contributed by atoms with E-state index in [1.54, 1.807) is 0 Å². The van der Waals surface area contributed by atoms with E-state index in [9.17, 15) is 0 Å². The summed E-state index contributed by atoms with van der Waals surface area (Å²) in [5.41, 5.74) is 8.80. The number of nitrogens with zero attached hydrogens (tertiary/aromatic N) is 1. The van der Waals surface area contributed by atoms with Crippen molar-refractivity contribution >= 4 is 16.5 Å². The van der Waals surface area contributed by atoms with Gasteiger partial charge in [-0.25, -0.2) is 0 Å². The summed E-state index contributed by atoms with van der Waals surface area (Å²) in [6.07, 6.45) is 12.0. The molecule has 0 amide bonds. The van der Waals surface area contributed by atoms with Crippen molar-refractivity contribution < 1.29 is 0 Å². The molecule has 0 bridgehead atoms. The molecule has 0 N–H and O–H groups in total. The maximum absolute atomic E-state index is 4.86. The zero-order chi connectivity index (χ0) is 19.5. The fraction of sp³-hybridized carbons (Fsp3) is 0.107. The summed E-state index contributed by atoms with van der Waals surface area (Å²) in [4.78, 5) is 4.86. The van der Waals surface area contributed by atoms with Gasteiger partial charge in [-0.3, -0.25) is 4.98 Å². The van der Waals surface area contributed by atoms with Crippen molar-refractivity contribution in [1.29, 1.82) is 0 Å². The number of hydrogen-bond acceptors (Lipinski definition) is 1. The second kappa shape index (κ2) is 7.89. The van der Waals surface area contributed by atoms with Gasteiger partial charge in [-0.05, 0) is 58.7 Å². The van der Waals surface area contributed by atoms with Crippen LogP contribution in [0.1, 0.15) is 29.5 Å². The van der Waals surface area contributed by atoms with Crippen LogP contribution >= 0.6 is 0 Å². The van der Waals surface area contributed by atoms with Crippen molar-refractivity contribution in [3.8, 4) is 11.1 Å². The van der Waals surface area contributed by atoms with Gasteiger partial charge >= 0.3 is 0 Å². The summed E-state index contributed by atoms with van der Waals surface area (Å²) < 4.78 is 0. The minimum absolute atomic E-state index is 1.03. The number of aromatic nitrogens is 1. The number of hydrogen-bond donors (Lipinski definition) is 0. The smallest absolute Gasteiger partial charge is 0.0746 e. The molecule has 0 saturated carbocycles. The third-order valence-electron chi connectivity index (χ3n) is 5.67. The van der Waals surface area contributed by atoms with E-state index < -0.39 is 0 Å². The Balaban J connectivity index is 1.76. The van der Waals surface area contributed by atoms with E-state index in [-0.39, 0.29) is 0 Å². The summed E-state index contributed by atoms with van der Waals surface area (Å²) in [6.45, 7) is 0. The summed E-state index contributed by atoms with van der Waals surface area (Å²) >= 11 is 0. The summed E-state index contributed by atoms with van der Waals surface area (Å²) in [6, 6.07) is 28.0. The van der Waals surface area contributed by atoms with Crippen molar-refractivity contribution in [3.05, 3.63) is 120 Å². The molecule has 4 aromatic rings. The van der Waals surface area contributed by atoms with Crippen molar-refractivity contribution in [2.75, 3.05) is 0 Å². The van der Waals surface area contributed by atoms with Gasteiger partial charge in [0.05, 0.1) is 5.52 Å². The second-order valence-electron chi connectivity index (χ2n) is 7.48. The molecule has 140 valence electrons. The van der Waals surface area contributed by atoms with E-state index in [1.807, 2.05) is 6.20 Å². The zero-order valence-electron chi connectivity index (χ0n) is 16.4. The standard InChI is InChI=1S/C28H23N/c1-2-10-16-26-25(23(15-9-1)21-11-5-3-6-12-21)17-18-27-24(19-20-29-28(26)27)22-13-7-4-8-14-22/h1,3-9,11-15,17-20H,2,10,16H2. The molecule has 1 aliphatic carbocycles. The van der Waals surface area contributed by atoms with E-state index >= 15 is 0 Å². The van der Waals surface area contributed by atoms with Crippen molar-refractivity contribution in [2.24, 2.45) is 0 Å². The molecule has 1 heteroatoms. The maximum atomic E-state index is 4.86. The molecule has 0 radical (unpaired) electrons. The van der Waals surface area contributed by atoms with Crippen LogP contribution in [-0.4, -0.2) is 4.98 Å². The minimum atomic E-state index is 1.03. The zero-order valence-corrected chi connectivity index (χ0v) is 16.4. The van der Waals surface area contributed by atoms with Gasteiger partial charge in [0, 0.05) is 11.6 Å². The number of fused-ring (bicyclic) bond motifs is 3. The Morgan fingerprint density at radius 2 is 1.45 bits per heavy atom. The molecule has 0 aliphatic heterocycles. The van der Waals surface area contributed by atoms with Gasteiger partial charge in [0.2, 0.25) is 0 Å². The van der Waals surface area contributed by atoms with Gasteiger partial charge in [-0.2, -0.15) is 0 Å².